The van der Waals surface area contributed by atoms with Crippen LogP contribution in [0.15, 0.2) is 48.5 Å². The van der Waals surface area contributed by atoms with Crippen molar-refractivity contribution in [3.8, 4) is 11.1 Å². The maximum atomic E-state index is 12.7. The summed E-state index contributed by atoms with van der Waals surface area (Å²) in [6, 6.07) is 16.2. The summed E-state index contributed by atoms with van der Waals surface area (Å²) in [7, 11) is 0. The molecular weight excluding hydrogens is 426 g/mol. The quantitative estimate of drug-likeness (QED) is 0.438. The highest BCUT2D eigenvalue weighted by Crippen LogP contribution is 2.44. The monoisotopic (exact) mass is 445 g/mol. The number of nitrogens with one attached hydrogen (secondary N) is 1. The Labute approximate surface area is 187 Å². The van der Waals surface area contributed by atoms with Crippen molar-refractivity contribution in [3.05, 3.63) is 75.9 Å². The molecule has 0 atom stereocenters. The van der Waals surface area contributed by atoms with E-state index in [2.05, 4.69) is 39.6 Å². The molecule has 1 amide bonds. The van der Waals surface area contributed by atoms with E-state index in [1.165, 1.54) is 0 Å². The van der Waals surface area contributed by atoms with Crippen molar-refractivity contribution in [2.45, 2.75) is 19.8 Å². The lowest BCUT2D eigenvalue weighted by Gasteiger charge is -2.15. The molecule has 0 fully saturated rings. The van der Waals surface area contributed by atoms with E-state index in [0.717, 1.165) is 33.6 Å². The van der Waals surface area contributed by atoms with Gasteiger partial charge in [-0.25, -0.2) is 19.6 Å². The van der Waals surface area contributed by atoms with Crippen LogP contribution in [0.5, 0.6) is 0 Å². The number of carboxylic acids is 1. The number of hydrogen-bond donors (Lipinski definition) is 2. The largest absolute Gasteiger partial charge is 0.477 e. The summed E-state index contributed by atoms with van der Waals surface area (Å²) in [6.07, 6.45) is -0.645. The molecule has 0 saturated heterocycles. The highest BCUT2D eigenvalue weighted by molar-refractivity contribution is 7.20. The Bertz CT molecular complexity index is 1350. The van der Waals surface area contributed by atoms with Crippen molar-refractivity contribution in [1.82, 2.24) is 9.97 Å². The molecule has 160 valence electrons. The molecule has 0 spiro atoms. The molecule has 0 saturated carbocycles. The summed E-state index contributed by atoms with van der Waals surface area (Å²) in [5.74, 6) is -0.396. The first-order valence-electron chi connectivity index (χ1n) is 10.1. The molecule has 32 heavy (non-hydrogen) atoms. The van der Waals surface area contributed by atoms with E-state index in [-0.39, 0.29) is 23.2 Å². The van der Waals surface area contributed by atoms with E-state index in [1.54, 1.807) is 13.8 Å². The third-order valence-electron chi connectivity index (χ3n) is 5.66. The first kappa shape index (κ1) is 20.1. The van der Waals surface area contributed by atoms with E-state index in [1.807, 2.05) is 24.3 Å². The summed E-state index contributed by atoms with van der Waals surface area (Å²) >= 11 is 1.06. The van der Waals surface area contributed by atoms with Gasteiger partial charge in [-0.2, -0.15) is 0 Å². The van der Waals surface area contributed by atoms with Gasteiger partial charge in [0.2, 0.25) is 0 Å². The van der Waals surface area contributed by atoms with Crippen LogP contribution in [0.1, 0.15) is 38.1 Å². The van der Waals surface area contributed by atoms with Crippen molar-refractivity contribution in [2.24, 2.45) is 0 Å². The lowest BCUT2D eigenvalue weighted by molar-refractivity contribution is 0.0701. The maximum Gasteiger partial charge on any atom is 0.412 e. The minimum Gasteiger partial charge on any atom is -0.477 e. The number of thiophene rings is 1. The summed E-state index contributed by atoms with van der Waals surface area (Å²) in [4.78, 5) is 33.5. The number of anilines is 1. The van der Waals surface area contributed by atoms with Crippen LogP contribution in [0.3, 0.4) is 0 Å². The highest BCUT2D eigenvalue weighted by Gasteiger charge is 2.29. The van der Waals surface area contributed by atoms with Gasteiger partial charge in [-0.1, -0.05) is 48.5 Å². The molecule has 0 bridgehead atoms. The fraction of sp³-hybridized carbons (Fsp3) is 0.167. The van der Waals surface area contributed by atoms with Gasteiger partial charge in [0.1, 0.15) is 28.0 Å². The normalized spacial score (nSPS) is 12.4. The van der Waals surface area contributed by atoms with Gasteiger partial charge in [0.25, 0.3) is 0 Å². The molecular formula is C24H19N3O4S. The zero-order valence-corrected chi connectivity index (χ0v) is 18.2. The van der Waals surface area contributed by atoms with Crippen LogP contribution in [0.2, 0.25) is 0 Å². The third kappa shape index (κ3) is 3.29. The van der Waals surface area contributed by atoms with Crippen molar-refractivity contribution >= 4 is 39.4 Å². The first-order chi connectivity index (χ1) is 15.4. The molecule has 5 rings (SSSR count). The van der Waals surface area contributed by atoms with E-state index < -0.39 is 12.1 Å². The van der Waals surface area contributed by atoms with Crippen LogP contribution < -0.4 is 5.32 Å². The van der Waals surface area contributed by atoms with Crippen LogP contribution in [0.25, 0.3) is 21.3 Å². The van der Waals surface area contributed by atoms with Gasteiger partial charge in [0.05, 0.1) is 5.39 Å². The SMILES string of the molecule is Cc1nc(NC(=O)OCC2c3ccccc3-c3ccccc32)c2c(C)c(C(=O)O)sc2n1. The van der Waals surface area contributed by atoms with Crippen LogP contribution >= 0.6 is 11.3 Å². The zero-order chi connectivity index (χ0) is 22.4. The minimum atomic E-state index is -1.03. The predicted octanol–water partition coefficient (Wildman–Crippen LogP) is 5.37. The number of ether oxygens (including phenoxy) is 1. The molecule has 1 aliphatic carbocycles. The number of rotatable bonds is 4. The molecule has 7 nitrogen and oxygen atoms in total. The zero-order valence-electron chi connectivity index (χ0n) is 17.4. The topological polar surface area (TPSA) is 101 Å². The molecule has 2 heterocycles. The van der Waals surface area contributed by atoms with Crippen molar-refractivity contribution in [2.75, 3.05) is 11.9 Å². The van der Waals surface area contributed by atoms with Crippen molar-refractivity contribution in [1.29, 1.82) is 0 Å². The fourth-order valence-corrected chi connectivity index (χ4v) is 5.34. The van der Waals surface area contributed by atoms with Gasteiger partial charge in [-0.15, -0.1) is 11.3 Å². The smallest absolute Gasteiger partial charge is 0.412 e. The van der Waals surface area contributed by atoms with Crippen LogP contribution in [-0.4, -0.2) is 33.7 Å². The Morgan fingerprint density at radius 2 is 1.66 bits per heavy atom. The van der Waals surface area contributed by atoms with E-state index in [9.17, 15) is 14.7 Å². The molecule has 0 aliphatic heterocycles. The first-order valence-corrected chi connectivity index (χ1v) is 10.9. The van der Waals surface area contributed by atoms with Gasteiger partial charge >= 0.3 is 12.1 Å². The molecule has 2 aromatic heterocycles. The summed E-state index contributed by atoms with van der Waals surface area (Å²) in [5.41, 5.74) is 5.08. The van der Waals surface area contributed by atoms with Crippen LogP contribution in [0, 0.1) is 13.8 Å². The minimum absolute atomic E-state index is 0.0539. The summed E-state index contributed by atoms with van der Waals surface area (Å²) < 4.78 is 5.60. The molecule has 4 aromatic rings. The second-order valence-corrected chi connectivity index (χ2v) is 8.61. The Kier molecular flexibility index (Phi) is 4.86. The van der Waals surface area contributed by atoms with Gasteiger partial charge in [0, 0.05) is 5.92 Å². The van der Waals surface area contributed by atoms with Gasteiger partial charge in [0.15, 0.2) is 0 Å². The molecule has 8 heteroatoms. The molecule has 1 aliphatic rings. The Morgan fingerprint density at radius 1 is 1.03 bits per heavy atom. The third-order valence-corrected chi connectivity index (χ3v) is 6.83. The lowest BCUT2D eigenvalue weighted by atomic mass is 9.98. The average molecular weight is 446 g/mol. The summed E-state index contributed by atoms with van der Waals surface area (Å²) in [5, 5.41) is 12.6. The Hall–Kier alpha value is -3.78. The number of hydrogen-bond acceptors (Lipinski definition) is 6. The Balaban J connectivity index is 1.40. The predicted molar refractivity (Wildman–Crippen MR) is 123 cm³/mol. The van der Waals surface area contributed by atoms with Crippen LogP contribution in [0.4, 0.5) is 10.6 Å². The second-order valence-electron chi connectivity index (χ2n) is 7.61. The van der Waals surface area contributed by atoms with E-state index in [0.29, 0.717) is 21.6 Å². The Morgan fingerprint density at radius 3 is 2.28 bits per heavy atom. The second kappa shape index (κ2) is 7.72. The molecule has 2 aromatic carbocycles. The maximum absolute atomic E-state index is 12.7. The standard InChI is InChI=1S/C24H19N3O4S/c1-12-19-21(25-13(2)26-22(19)32-20(12)23(28)29)27-24(30)31-11-18-16-9-5-3-7-14(16)15-8-4-6-10-17(15)18/h3-10,18H,11H2,1-2H3,(H,28,29)(H,25,26,27,30). The number of carboxylic acid groups (broad SMARTS) is 1. The van der Waals surface area contributed by atoms with Gasteiger partial charge in [-0.3, -0.25) is 5.32 Å². The number of benzene rings is 2. The fourth-order valence-electron chi connectivity index (χ4n) is 4.27. The molecule has 0 radical (unpaired) electrons. The molecule has 0 unspecified atom stereocenters. The number of aromatic carboxylic acids is 1. The van der Waals surface area contributed by atoms with Crippen molar-refractivity contribution in [3.63, 3.8) is 0 Å². The average Bonchev–Trinajstić information content (AvgIpc) is 3.27. The van der Waals surface area contributed by atoms with E-state index in [4.69, 9.17) is 4.74 Å². The lowest BCUT2D eigenvalue weighted by Crippen LogP contribution is -2.19. The summed E-state index contributed by atoms with van der Waals surface area (Å²) in [6.45, 7) is 3.55. The number of fused-ring (bicyclic) bond motifs is 4. The number of carbonyl (C=O) groups excluding carboxylic acids is 1. The highest BCUT2D eigenvalue weighted by atomic mass is 32.1. The number of nitrogens with zero attached hydrogens (tertiary/aromatic N) is 2. The molecule has 2 N–H and O–H groups in total. The number of aryl methyl sites for hydroxylation is 2. The van der Waals surface area contributed by atoms with Gasteiger partial charge < -0.3 is 9.84 Å². The van der Waals surface area contributed by atoms with E-state index >= 15 is 0 Å². The number of amides is 1. The van der Waals surface area contributed by atoms with Gasteiger partial charge in [-0.05, 0) is 41.7 Å². The number of carbonyl (C=O) groups is 2. The van der Waals surface area contributed by atoms with Crippen molar-refractivity contribution < 1.29 is 19.4 Å². The van der Waals surface area contributed by atoms with Crippen LogP contribution in [-0.2, 0) is 4.74 Å². The number of aromatic nitrogens is 2.